The van der Waals surface area contributed by atoms with E-state index in [1.165, 1.54) is 6.42 Å². The molecule has 1 aliphatic rings. The van der Waals surface area contributed by atoms with Crippen molar-refractivity contribution in [1.29, 1.82) is 0 Å². The molecule has 1 N–H and O–H groups in total. The van der Waals surface area contributed by atoms with E-state index in [-0.39, 0.29) is 5.60 Å². The van der Waals surface area contributed by atoms with Gasteiger partial charge in [0.2, 0.25) is 0 Å². The summed E-state index contributed by atoms with van der Waals surface area (Å²) in [5.74, 6) is 0. The summed E-state index contributed by atoms with van der Waals surface area (Å²) >= 11 is 0. The zero-order valence-corrected chi connectivity index (χ0v) is 10.7. The predicted molar refractivity (Wildman–Crippen MR) is 65.7 cm³/mol. The van der Waals surface area contributed by atoms with E-state index in [9.17, 15) is 5.11 Å². The third-order valence-electron chi connectivity index (χ3n) is 3.90. The molecule has 4 heteroatoms. The first-order valence-electron chi connectivity index (χ1n) is 6.37. The molecule has 1 aromatic heterocycles. The number of aromatic nitrogens is 2. The van der Waals surface area contributed by atoms with Gasteiger partial charge in [0, 0.05) is 26.8 Å². The molecule has 0 aliphatic heterocycles. The van der Waals surface area contributed by atoms with Crippen LogP contribution >= 0.6 is 0 Å². The largest absolute Gasteiger partial charge is 0.390 e. The minimum absolute atomic E-state index is 0.339. The average molecular weight is 238 g/mol. The highest BCUT2D eigenvalue weighted by atomic mass is 16.5. The van der Waals surface area contributed by atoms with Crippen molar-refractivity contribution in [3.8, 4) is 0 Å². The number of ether oxygens (including phenoxy) is 1. The van der Waals surface area contributed by atoms with E-state index in [2.05, 4.69) is 5.10 Å². The topological polar surface area (TPSA) is 47.3 Å². The van der Waals surface area contributed by atoms with Crippen LogP contribution in [-0.2, 0) is 18.2 Å². The van der Waals surface area contributed by atoms with Gasteiger partial charge in [0.25, 0.3) is 0 Å². The maximum absolute atomic E-state index is 10.4. The van der Waals surface area contributed by atoms with Crippen molar-refractivity contribution in [3.05, 3.63) is 18.0 Å². The van der Waals surface area contributed by atoms with Crippen molar-refractivity contribution in [2.45, 2.75) is 50.2 Å². The Morgan fingerprint density at radius 1 is 1.47 bits per heavy atom. The summed E-state index contributed by atoms with van der Waals surface area (Å²) in [7, 11) is 3.61. The molecule has 1 aliphatic carbocycles. The van der Waals surface area contributed by atoms with Crippen LogP contribution in [0.25, 0.3) is 0 Å². The molecule has 1 atom stereocenters. The highest BCUT2D eigenvalue weighted by molar-refractivity contribution is 5.08. The highest BCUT2D eigenvalue weighted by Crippen LogP contribution is 2.35. The van der Waals surface area contributed by atoms with Gasteiger partial charge in [-0.3, -0.25) is 4.68 Å². The summed E-state index contributed by atoms with van der Waals surface area (Å²) < 4.78 is 7.41. The van der Waals surface area contributed by atoms with Crippen LogP contribution in [0.5, 0.6) is 0 Å². The Bertz CT molecular complexity index is 356. The smallest absolute Gasteiger partial charge is 0.0939 e. The number of hydrogen-bond acceptors (Lipinski definition) is 3. The Labute approximate surface area is 103 Å². The van der Waals surface area contributed by atoms with Crippen LogP contribution in [0.15, 0.2) is 12.4 Å². The molecule has 0 bridgehead atoms. The molecular formula is C13H22N2O2. The maximum Gasteiger partial charge on any atom is 0.0939 e. The first-order chi connectivity index (χ1) is 8.16. The highest BCUT2D eigenvalue weighted by Gasteiger charge is 2.39. The molecular weight excluding hydrogens is 216 g/mol. The molecule has 17 heavy (non-hydrogen) atoms. The van der Waals surface area contributed by atoms with Crippen molar-refractivity contribution < 1.29 is 9.84 Å². The second-order valence-corrected chi connectivity index (χ2v) is 5.07. The van der Waals surface area contributed by atoms with Crippen molar-refractivity contribution in [2.75, 3.05) is 7.11 Å². The second kappa shape index (κ2) is 5.19. The number of aliphatic hydroxyl groups is 1. The number of hydrogen-bond donors (Lipinski definition) is 1. The Balaban J connectivity index is 2.04. The van der Waals surface area contributed by atoms with Gasteiger partial charge in [-0.1, -0.05) is 19.3 Å². The van der Waals surface area contributed by atoms with Crippen LogP contribution in [0.3, 0.4) is 0 Å². The minimum Gasteiger partial charge on any atom is -0.390 e. The summed E-state index contributed by atoms with van der Waals surface area (Å²) in [5.41, 5.74) is 0.732. The molecule has 1 unspecified atom stereocenters. The Hall–Kier alpha value is -0.870. The average Bonchev–Trinajstić information content (AvgIpc) is 2.75. The first-order valence-corrected chi connectivity index (χ1v) is 6.37. The van der Waals surface area contributed by atoms with Crippen LogP contribution in [0, 0.1) is 0 Å². The summed E-state index contributed by atoms with van der Waals surface area (Å²) in [6.07, 6.45) is 9.44. The lowest BCUT2D eigenvalue weighted by atomic mass is 9.79. The Kier molecular flexibility index (Phi) is 3.84. The molecule has 1 heterocycles. The number of methoxy groups -OCH3 is 1. The number of nitrogens with zero attached hydrogens (tertiary/aromatic N) is 2. The van der Waals surface area contributed by atoms with E-state index in [4.69, 9.17) is 4.74 Å². The van der Waals surface area contributed by atoms with Gasteiger partial charge in [0.05, 0.1) is 17.9 Å². The summed E-state index contributed by atoms with van der Waals surface area (Å²) in [5, 5.41) is 14.6. The molecule has 2 rings (SSSR count). The standard InChI is InChI=1S/C13H22N2O2/c1-15-10-11(9-14-15)8-12(16)13(17-2)6-4-3-5-7-13/h9-10,12,16H,3-8H2,1-2H3. The van der Waals surface area contributed by atoms with E-state index >= 15 is 0 Å². The number of rotatable bonds is 4. The molecule has 0 amide bonds. The van der Waals surface area contributed by atoms with Crippen LogP contribution in [0.2, 0.25) is 0 Å². The van der Waals surface area contributed by atoms with Gasteiger partial charge in [0.15, 0.2) is 0 Å². The van der Waals surface area contributed by atoms with E-state index in [0.29, 0.717) is 6.42 Å². The van der Waals surface area contributed by atoms with Gasteiger partial charge < -0.3 is 9.84 Å². The summed E-state index contributed by atoms with van der Waals surface area (Å²) in [6.45, 7) is 0. The molecule has 1 fully saturated rings. The van der Waals surface area contributed by atoms with Crippen LogP contribution in [0.4, 0.5) is 0 Å². The number of aliphatic hydroxyl groups excluding tert-OH is 1. The summed E-state index contributed by atoms with van der Waals surface area (Å²) in [6, 6.07) is 0. The Morgan fingerprint density at radius 2 is 2.18 bits per heavy atom. The van der Waals surface area contributed by atoms with E-state index in [0.717, 1.165) is 31.2 Å². The SMILES string of the molecule is COC1(C(O)Cc2cnn(C)c2)CCCCC1. The number of aryl methyl sites for hydroxylation is 1. The fourth-order valence-electron chi connectivity index (χ4n) is 2.81. The van der Waals surface area contributed by atoms with Crippen molar-refractivity contribution >= 4 is 0 Å². The molecule has 0 spiro atoms. The molecule has 96 valence electrons. The minimum atomic E-state index is -0.433. The molecule has 1 aromatic rings. The fraction of sp³-hybridized carbons (Fsp3) is 0.769. The van der Waals surface area contributed by atoms with Gasteiger partial charge in [-0.05, 0) is 18.4 Å². The quantitative estimate of drug-likeness (QED) is 0.868. The lowest BCUT2D eigenvalue weighted by Crippen LogP contribution is -2.46. The zero-order chi connectivity index (χ0) is 12.3. The van der Waals surface area contributed by atoms with Crippen LogP contribution in [-0.4, -0.2) is 33.7 Å². The van der Waals surface area contributed by atoms with E-state index in [1.807, 2.05) is 19.4 Å². The van der Waals surface area contributed by atoms with Gasteiger partial charge in [-0.15, -0.1) is 0 Å². The molecule has 1 saturated carbocycles. The van der Waals surface area contributed by atoms with Gasteiger partial charge in [-0.25, -0.2) is 0 Å². The van der Waals surface area contributed by atoms with Crippen LogP contribution < -0.4 is 0 Å². The van der Waals surface area contributed by atoms with Gasteiger partial charge in [0.1, 0.15) is 0 Å². The third kappa shape index (κ3) is 2.69. The molecule has 0 aromatic carbocycles. The second-order valence-electron chi connectivity index (χ2n) is 5.07. The maximum atomic E-state index is 10.4. The Morgan fingerprint density at radius 3 is 2.71 bits per heavy atom. The van der Waals surface area contributed by atoms with E-state index < -0.39 is 6.10 Å². The lowest BCUT2D eigenvalue weighted by molar-refractivity contribution is -0.122. The van der Waals surface area contributed by atoms with E-state index in [1.54, 1.807) is 11.8 Å². The van der Waals surface area contributed by atoms with Crippen molar-refractivity contribution in [2.24, 2.45) is 7.05 Å². The monoisotopic (exact) mass is 238 g/mol. The van der Waals surface area contributed by atoms with Crippen molar-refractivity contribution in [1.82, 2.24) is 9.78 Å². The third-order valence-corrected chi connectivity index (χ3v) is 3.90. The molecule has 4 nitrogen and oxygen atoms in total. The normalized spacial score (nSPS) is 21.4. The fourth-order valence-corrected chi connectivity index (χ4v) is 2.81. The first kappa shape index (κ1) is 12.6. The predicted octanol–water partition coefficient (Wildman–Crippen LogP) is 1.67. The molecule has 0 saturated heterocycles. The van der Waals surface area contributed by atoms with Gasteiger partial charge >= 0.3 is 0 Å². The summed E-state index contributed by atoms with van der Waals surface area (Å²) in [4.78, 5) is 0. The molecule has 0 radical (unpaired) electrons. The van der Waals surface area contributed by atoms with Crippen LogP contribution in [0.1, 0.15) is 37.7 Å². The zero-order valence-electron chi connectivity index (χ0n) is 10.7. The van der Waals surface area contributed by atoms with Gasteiger partial charge in [-0.2, -0.15) is 5.10 Å². The lowest BCUT2D eigenvalue weighted by Gasteiger charge is -2.39. The van der Waals surface area contributed by atoms with Crippen molar-refractivity contribution in [3.63, 3.8) is 0 Å².